The van der Waals surface area contributed by atoms with Gasteiger partial charge in [-0.3, -0.25) is 9.78 Å². The van der Waals surface area contributed by atoms with Crippen molar-refractivity contribution in [2.45, 2.75) is 0 Å². The molecule has 0 aliphatic rings. The predicted octanol–water partition coefficient (Wildman–Crippen LogP) is 3.00. The first kappa shape index (κ1) is 13.0. The van der Waals surface area contributed by atoms with Gasteiger partial charge in [-0.2, -0.15) is 5.10 Å². The number of carbonyl (C=O) groups excluding carboxylic acids is 1. The van der Waals surface area contributed by atoms with Gasteiger partial charge in [0.15, 0.2) is 0 Å². The topological polar surface area (TPSA) is 54.4 Å². The number of nitrogens with one attached hydrogen (secondary N) is 1. The standard InChI is InChI=1S/C17H13N3O/c21-17(13-6-2-1-3-7-13)20-19-12-16-10-14-8-4-5-9-15(14)11-18-16/h1-12H,(H,20,21)/b19-12+. The third-order valence-electron chi connectivity index (χ3n) is 3.05. The van der Waals surface area contributed by atoms with Crippen LogP contribution in [0.3, 0.4) is 0 Å². The molecular weight excluding hydrogens is 262 g/mol. The number of nitrogens with zero attached hydrogens (tertiary/aromatic N) is 2. The fourth-order valence-electron chi connectivity index (χ4n) is 1.98. The van der Waals surface area contributed by atoms with E-state index >= 15 is 0 Å². The number of carbonyl (C=O) groups is 1. The summed E-state index contributed by atoms with van der Waals surface area (Å²) in [5.41, 5.74) is 3.75. The molecule has 1 heterocycles. The Morgan fingerprint density at radius 3 is 2.52 bits per heavy atom. The van der Waals surface area contributed by atoms with Crippen LogP contribution in [0.25, 0.3) is 10.8 Å². The van der Waals surface area contributed by atoms with E-state index in [1.54, 1.807) is 18.3 Å². The van der Waals surface area contributed by atoms with E-state index in [1.807, 2.05) is 48.5 Å². The Kier molecular flexibility index (Phi) is 3.69. The van der Waals surface area contributed by atoms with Crippen LogP contribution in [0.5, 0.6) is 0 Å². The van der Waals surface area contributed by atoms with Gasteiger partial charge < -0.3 is 0 Å². The van der Waals surface area contributed by atoms with Gasteiger partial charge in [-0.05, 0) is 23.6 Å². The van der Waals surface area contributed by atoms with Gasteiger partial charge in [-0.15, -0.1) is 0 Å². The molecule has 0 aliphatic carbocycles. The summed E-state index contributed by atoms with van der Waals surface area (Å²) in [6, 6.07) is 18.8. The van der Waals surface area contributed by atoms with Crippen molar-refractivity contribution in [3.63, 3.8) is 0 Å². The fourth-order valence-corrected chi connectivity index (χ4v) is 1.98. The van der Waals surface area contributed by atoms with Crippen LogP contribution in [0.1, 0.15) is 16.1 Å². The summed E-state index contributed by atoms with van der Waals surface area (Å²) in [5.74, 6) is -0.243. The summed E-state index contributed by atoms with van der Waals surface area (Å²) in [7, 11) is 0. The van der Waals surface area contributed by atoms with Crippen molar-refractivity contribution in [3.05, 3.63) is 78.1 Å². The molecule has 3 aromatic rings. The highest BCUT2D eigenvalue weighted by Gasteiger charge is 2.01. The molecule has 1 N–H and O–H groups in total. The molecular formula is C17H13N3O. The molecule has 21 heavy (non-hydrogen) atoms. The number of hydrogen-bond acceptors (Lipinski definition) is 3. The van der Waals surface area contributed by atoms with Crippen molar-refractivity contribution in [2.75, 3.05) is 0 Å². The number of hydrogen-bond donors (Lipinski definition) is 1. The Morgan fingerprint density at radius 1 is 1.00 bits per heavy atom. The van der Waals surface area contributed by atoms with Crippen LogP contribution in [0.15, 0.2) is 72.0 Å². The zero-order valence-electron chi connectivity index (χ0n) is 11.2. The van der Waals surface area contributed by atoms with Crippen molar-refractivity contribution in [3.8, 4) is 0 Å². The maximum absolute atomic E-state index is 11.8. The lowest BCUT2D eigenvalue weighted by atomic mass is 10.1. The minimum Gasteiger partial charge on any atom is -0.267 e. The Labute approximate surface area is 122 Å². The highest BCUT2D eigenvalue weighted by Crippen LogP contribution is 2.12. The highest BCUT2D eigenvalue weighted by atomic mass is 16.2. The second-order valence-electron chi connectivity index (χ2n) is 4.52. The van der Waals surface area contributed by atoms with E-state index in [1.165, 1.54) is 6.21 Å². The number of pyridine rings is 1. The molecule has 0 spiro atoms. The summed E-state index contributed by atoms with van der Waals surface area (Å²) >= 11 is 0. The smallest absolute Gasteiger partial charge is 0.267 e. The monoisotopic (exact) mass is 275 g/mol. The lowest BCUT2D eigenvalue weighted by Crippen LogP contribution is -2.17. The molecule has 1 aromatic heterocycles. The number of hydrazone groups is 1. The number of amides is 1. The van der Waals surface area contributed by atoms with Crippen molar-refractivity contribution in [1.29, 1.82) is 0 Å². The first-order valence-corrected chi connectivity index (χ1v) is 6.56. The molecule has 0 fully saturated rings. The first-order chi connectivity index (χ1) is 10.3. The van der Waals surface area contributed by atoms with Crippen LogP contribution >= 0.6 is 0 Å². The number of aromatic nitrogens is 1. The molecule has 2 aromatic carbocycles. The third kappa shape index (κ3) is 3.12. The molecule has 0 aliphatic heterocycles. The first-order valence-electron chi connectivity index (χ1n) is 6.56. The van der Waals surface area contributed by atoms with Gasteiger partial charge in [0.25, 0.3) is 5.91 Å². The van der Waals surface area contributed by atoms with Gasteiger partial charge in [0.05, 0.1) is 11.9 Å². The van der Waals surface area contributed by atoms with Crippen molar-refractivity contribution >= 4 is 22.9 Å². The molecule has 0 radical (unpaired) electrons. The normalized spacial score (nSPS) is 10.9. The Bertz CT molecular complexity index is 797. The van der Waals surface area contributed by atoms with E-state index in [9.17, 15) is 4.79 Å². The molecule has 4 nitrogen and oxygen atoms in total. The average molecular weight is 275 g/mol. The molecule has 4 heteroatoms. The predicted molar refractivity (Wildman–Crippen MR) is 83.2 cm³/mol. The summed E-state index contributed by atoms with van der Waals surface area (Å²) in [4.78, 5) is 16.1. The molecule has 0 saturated carbocycles. The zero-order chi connectivity index (χ0) is 14.5. The van der Waals surface area contributed by atoms with Crippen LogP contribution in [0, 0.1) is 0 Å². The van der Waals surface area contributed by atoms with Gasteiger partial charge in [-0.25, -0.2) is 5.43 Å². The average Bonchev–Trinajstić information content (AvgIpc) is 2.55. The summed E-state index contributed by atoms with van der Waals surface area (Å²) < 4.78 is 0. The van der Waals surface area contributed by atoms with Crippen molar-refractivity contribution in [1.82, 2.24) is 10.4 Å². The zero-order valence-corrected chi connectivity index (χ0v) is 11.2. The Hall–Kier alpha value is -3.01. The number of fused-ring (bicyclic) bond motifs is 1. The van der Waals surface area contributed by atoms with Crippen LogP contribution < -0.4 is 5.43 Å². The molecule has 0 bridgehead atoms. The van der Waals surface area contributed by atoms with Crippen LogP contribution in [-0.2, 0) is 0 Å². The van der Waals surface area contributed by atoms with Gasteiger partial charge in [-0.1, -0.05) is 42.5 Å². The molecule has 0 saturated heterocycles. The lowest BCUT2D eigenvalue weighted by molar-refractivity contribution is 0.0955. The largest absolute Gasteiger partial charge is 0.271 e. The second-order valence-corrected chi connectivity index (χ2v) is 4.52. The number of rotatable bonds is 3. The highest BCUT2D eigenvalue weighted by molar-refractivity contribution is 5.95. The maximum Gasteiger partial charge on any atom is 0.271 e. The van der Waals surface area contributed by atoms with Gasteiger partial charge in [0.1, 0.15) is 0 Å². The SMILES string of the molecule is O=C(N/N=C/c1cc2ccccc2cn1)c1ccccc1. The quantitative estimate of drug-likeness (QED) is 0.590. The van der Waals surface area contributed by atoms with E-state index in [0.29, 0.717) is 11.3 Å². The molecule has 1 amide bonds. The lowest BCUT2D eigenvalue weighted by Gasteiger charge is -2.00. The summed E-state index contributed by atoms with van der Waals surface area (Å²) in [5, 5.41) is 6.10. The molecule has 3 rings (SSSR count). The van der Waals surface area contributed by atoms with Gasteiger partial charge >= 0.3 is 0 Å². The van der Waals surface area contributed by atoms with E-state index in [-0.39, 0.29) is 5.91 Å². The minimum atomic E-state index is -0.243. The van der Waals surface area contributed by atoms with Crippen LogP contribution in [0.4, 0.5) is 0 Å². The van der Waals surface area contributed by atoms with Crippen molar-refractivity contribution < 1.29 is 4.79 Å². The van der Waals surface area contributed by atoms with Crippen LogP contribution in [-0.4, -0.2) is 17.1 Å². The second kappa shape index (κ2) is 5.96. The fraction of sp³-hybridized carbons (Fsp3) is 0. The third-order valence-corrected chi connectivity index (χ3v) is 3.05. The number of benzene rings is 2. The van der Waals surface area contributed by atoms with E-state index in [4.69, 9.17) is 0 Å². The van der Waals surface area contributed by atoms with Crippen LogP contribution in [0.2, 0.25) is 0 Å². The summed E-state index contributed by atoms with van der Waals surface area (Å²) in [6.07, 6.45) is 3.32. The van der Waals surface area contributed by atoms with Crippen molar-refractivity contribution in [2.24, 2.45) is 5.10 Å². The molecule has 0 unspecified atom stereocenters. The van der Waals surface area contributed by atoms with E-state index in [2.05, 4.69) is 15.5 Å². The van der Waals surface area contributed by atoms with Gasteiger partial charge in [0.2, 0.25) is 0 Å². The minimum absolute atomic E-state index is 0.243. The van der Waals surface area contributed by atoms with E-state index < -0.39 is 0 Å². The Morgan fingerprint density at radius 2 is 1.71 bits per heavy atom. The van der Waals surface area contributed by atoms with Gasteiger partial charge in [0, 0.05) is 17.1 Å². The Balaban J connectivity index is 1.71. The molecule has 102 valence electrons. The molecule has 0 atom stereocenters. The summed E-state index contributed by atoms with van der Waals surface area (Å²) in [6.45, 7) is 0. The van der Waals surface area contributed by atoms with E-state index in [0.717, 1.165) is 10.8 Å². The maximum atomic E-state index is 11.8.